The second-order valence-corrected chi connectivity index (χ2v) is 5.98. The first-order valence-corrected chi connectivity index (χ1v) is 8.41. The van der Waals surface area contributed by atoms with E-state index in [-0.39, 0.29) is 12.4 Å². The normalized spacial score (nSPS) is 14.0. The Kier molecular flexibility index (Phi) is 5.73. The fourth-order valence-corrected chi connectivity index (χ4v) is 2.56. The molecule has 1 aromatic heterocycles. The summed E-state index contributed by atoms with van der Waals surface area (Å²) in [6, 6.07) is 7.45. The Hall–Kier alpha value is -3.03. The van der Waals surface area contributed by atoms with Crippen LogP contribution in [0, 0.1) is 12.7 Å². The van der Waals surface area contributed by atoms with Gasteiger partial charge in [0.15, 0.2) is 6.61 Å². The van der Waals surface area contributed by atoms with Crippen LogP contribution >= 0.6 is 0 Å². The smallest absolute Gasteiger partial charge is 0.278 e. The maximum atomic E-state index is 12.8. The lowest BCUT2D eigenvalue weighted by molar-refractivity contribution is -0.123. The minimum Gasteiger partial charge on any atom is -0.467 e. The van der Waals surface area contributed by atoms with Gasteiger partial charge in [0.1, 0.15) is 5.82 Å². The van der Waals surface area contributed by atoms with Crippen LogP contribution in [-0.2, 0) is 4.79 Å². The van der Waals surface area contributed by atoms with Gasteiger partial charge in [-0.25, -0.2) is 14.8 Å². The van der Waals surface area contributed by atoms with Crippen LogP contribution in [0.25, 0.3) is 0 Å². The van der Waals surface area contributed by atoms with E-state index in [1.807, 2.05) is 6.92 Å². The van der Waals surface area contributed by atoms with Crippen LogP contribution < -0.4 is 15.1 Å². The number of benzene rings is 1. The number of amides is 1. The lowest BCUT2D eigenvalue weighted by Gasteiger charge is -2.16. The van der Waals surface area contributed by atoms with Crippen molar-refractivity contribution in [1.29, 1.82) is 0 Å². The van der Waals surface area contributed by atoms with E-state index in [9.17, 15) is 9.18 Å². The zero-order chi connectivity index (χ0) is 18.4. The number of hydrazone groups is 1. The molecule has 1 aliphatic rings. The Bertz CT molecular complexity index is 789. The van der Waals surface area contributed by atoms with Gasteiger partial charge in [-0.15, -0.1) is 0 Å². The summed E-state index contributed by atoms with van der Waals surface area (Å²) in [5.74, 6) is 0.250. The minimum atomic E-state index is -0.414. The number of anilines is 1. The average molecular weight is 357 g/mol. The summed E-state index contributed by atoms with van der Waals surface area (Å²) < 4.78 is 18.3. The lowest BCUT2D eigenvalue weighted by atomic mass is 10.2. The van der Waals surface area contributed by atoms with Gasteiger partial charge in [0.05, 0.1) is 6.21 Å². The van der Waals surface area contributed by atoms with Crippen molar-refractivity contribution in [3.05, 3.63) is 47.4 Å². The molecule has 1 amide bonds. The quantitative estimate of drug-likeness (QED) is 0.632. The van der Waals surface area contributed by atoms with Crippen molar-refractivity contribution in [3.63, 3.8) is 0 Å². The number of aryl methyl sites for hydroxylation is 1. The summed E-state index contributed by atoms with van der Waals surface area (Å²) >= 11 is 0. The molecule has 0 spiro atoms. The topological polar surface area (TPSA) is 79.7 Å². The third-order valence-electron chi connectivity index (χ3n) is 3.83. The first kappa shape index (κ1) is 17.8. The predicted octanol–water partition coefficient (Wildman–Crippen LogP) is 2.05. The van der Waals surface area contributed by atoms with Crippen molar-refractivity contribution in [3.8, 4) is 5.88 Å². The average Bonchev–Trinajstić information content (AvgIpc) is 3.16. The largest absolute Gasteiger partial charge is 0.467 e. The van der Waals surface area contributed by atoms with Crippen molar-refractivity contribution >= 4 is 18.1 Å². The van der Waals surface area contributed by atoms with Crippen LogP contribution in [0.1, 0.15) is 24.1 Å². The van der Waals surface area contributed by atoms with Gasteiger partial charge in [-0.05, 0) is 37.5 Å². The summed E-state index contributed by atoms with van der Waals surface area (Å²) in [6.07, 6.45) is 3.68. The molecule has 2 heterocycles. The molecule has 2 aromatic rings. The molecule has 8 heteroatoms. The number of carbonyl (C=O) groups excluding carboxylic acids is 1. The van der Waals surface area contributed by atoms with Gasteiger partial charge in [0.25, 0.3) is 5.91 Å². The number of carbonyl (C=O) groups is 1. The van der Waals surface area contributed by atoms with E-state index in [1.165, 1.54) is 18.3 Å². The maximum Gasteiger partial charge on any atom is 0.278 e. The summed E-state index contributed by atoms with van der Waals surface area (Å²) in [4.78, 5) is 22.7. The van der Waals surface area contributed by atoms with E-state index in [0.717, 1.165) is 31.6 Å². The Morgan fingerprint density at radius 1 is 1.31 bits per heavy atom. The standard InChI is InChI=1S/C18H20FN5O2/c1-13-10-17(22-18(21-13)24-8-2-3-9-24)26-12-16(25)23-20-11-14-4-6-15(19)7-5-14/h4-7,10-11H,2-3,8-9,12H2,1H3,(H,23,25). The second kappa shape index (κ2) is 8.37. The molecule has 3 rings (SSSR count). The molecule has 1 fully saturated rings. The van der Waals surface area contributed by atoms with Crippen molar-refractivity contribution < 1.29 is 13.9 Å². The molecular formula is C18H20FN5O2. The number of nitrogens with zero attached hydrogens (tertiary/aromatic N) is 4. The summed E-state index contributed by atoms with van der Waals surface area (Å²) in [5, 5.41) is 3.81. The molecule has 1 aliphatic heterocycles. The van der Waals surface area contributed by atoms with Crippen molar-refractivity contribution in [1.82, 2.24) is 15.4 Å². The molecule has 7 nitrogen and oxygen atoms in total. The van der Waals surface area contributed by atoms with Gasteiger partial charge < -0.3 is 9.64 Å². The number of hydrogen-bond acceptors (Lipinski definition) is 6. The molecule has 0 atom stereocenters. The summed E-state index contributed by atoms with van der Waals surface area (Å²) in [5.41, 5.74) is 3.82. The second-order valence-electron chi connectivity index (χ2n) is 5.98. The third kappa shape index (κ3) is 4.98. The minimum absolute atomic E-state index is 0.212. The van der Waals surface area contributed by atoms with Gasteiger partial charge in [-0.3, -0.25) is 4.79 Å². The van der Waals surface area contributed by atoms with E-state index < -0.39 is 5.91 Å². The fourth-order valence-electron chi connectivity index (χ4n) is 2.56. The molecule has 0 radical (unpaired) electrons. The van der Waals surface area contributed by atoms with Gasteiger partial charge in [0.2, 0.25) is 11.8 Å². The molecule has 0 aliphatic carbocycles. The molecule has 1 aromatic carbocycles. The fraction of sp³-hybridized carbons (Fsp3) is 0.333. The number of rotatable bonds is 6. The zero-order valence-corrected chi connectivity index (χ0v) is 14.5. The van der Waals surface area contributed by atoms with Gasteiger partial charge >= 0.3 is 0 Å². The maximum absolute atomic E-state index is 12.8. The highest BCUT2D eigenvalue weighted by Gasteiger charge is 2.16. The van der Waals surface area contributed by atoms with Crippen LogP contribution in [0.2, 0.25) is 0 Å². The third-order valence-corrected chi connectivity index (χ3v) is 3.83. The molecule has 0 bridgehead atoms. The van der Waals surface area contributed by atoms with Crippen LogP contribution in [0.3, 0.4) is 0 Å². The van der Waals surface area contributed by atoms with Gasteiger partial charge in [-0.2, -0.15) is 10.1 Å². The van der Waals surface area contributed by atoms with E-state index in [4.69, 9.17) is 4.74 Å². The first-order chi connectivity index (χ1) is 12.6. The van der Waals surface area contributed by atoms with Crippen LogP contribution in [0.5, 0.6) is 5.88 Å². The molecule has 0 unspecified atom stereocenters. The van der Waals surface area contributed by atoms with E-state index in [2.05, 4.69) is 25.4 Å². The SMILES string of the molecule is Cc1cc(OCC(=O)NN=Cc2ccc(F)cc2)nc(N2CCCC2)n1. The Morgan fingerprint density at radius 2 is 2.04 bits per heavy atom. The first-order valence-electron chi connectivity index (χ1n) is 8.41. The Morgan fingerprint density at radius 3 is 2.77 bits per heavy atom. The Balaban J connectivity index is 1.51. The zero-order valence-electron chi connectivity index (χ0n) is 14.5. The van der Waals surface area contributed by atoms with Gasteiger partial charge in [-0.1, -0.05) is 12.1 Å². The summed E-state index contributed by atoms with van der Waals surface area (Å²) in [6.45, 7) is 3.51. The number of nitrogens with one attached hydrogen (secondary N) is 1. The number of ether oxygens (including phenoxy) is 1. The molecule has 0 saturated carbocycles. The highest BCUT2D eigenvalue weighted by atomic mass is 19.1. The van der Waals surface area contributed by atoms with E-state index in [1.54, 1.807) is 18.2 Å². The van der Waals surface area contributed by atoms with Crippen LogP contribution in [0.15, 0.2) is 35.4 Å². The van der Waals surface area contributed by atoms with Crippen LogP contribution in [0.4, 0.5) is 10.3 Å². The molecule has 26 heavy (non-hydrogen) atoms. The number of aromatic nitrogens is 2. The Labute approximate surface area is 150 Å². The summed E-state index contributed by atoms with van der Waals surface area (Å²) in [7, 11) is 0. The predicted molar refractivity (Wildman–Crippen MR) is 95.8 cm³/mol. The number of hydrogen-bond donors (Lipinski definition) is 1. The highest BCUT2D eigenvalue weighted by molar-refractivity contribution is 5.82. The highest BCUT2D eigenvalue weighted by Crippen LogP contribution is 2.19. The molecule has 1 N–H and O–H groups in total. The molecule has 136 valence electrons. The van der Waals surface area contributed by atoms with Gasteiger partial charge in [0, 0.05) is 24.8 Å². The van der Waals surface area contributed by atoms with E-state index in [0.29, 0.717) is 17.4 Å². The number of halogens is 1. The van der Waals surface area contributed by atoms with Crippen LogP contribution in [-0.4, -0.2) is 41.8 Å². The van der Waals surface area contributed by atoms with Crippen molar-refractivity contribution in [2.24, 2.45) is 5.10 Å². The van der Waals surface area contributed by atoms with Crippen molar-refractivity contribution in [2.45, 2.75) is 19.8 Å². The molecular weight excluding hydrogens is 337 g/mol. The molecule has 1 saturated heterocycles. The van der Waals surface area contributed by atoms with Crippen molar-refractivity contribution in [2.75, 3.05) is 24.6 Å². The van der Waals surface area contributed by atoms with E-state index >= 15 is 0 Å². The monoisotopic (exact) mass is 357 g/mol. The lowest BCUT2D eigenvalue weighted by Crippen LogP contribution is -2.25.